The summed E-state index contributed by atoms with van der Waals surface area (Å²) in [7, 11) is 1.31. The van der Waals surface area contributed by atoms with Crippen molar-refractivity contribution in [2.24, 2.45) is 5.92 Å². The zero-order chi connectivity index (χ0) is 26.9. The number of nitrogens with one attached hydrogen (secondary N) is 3. The van der Waals surface area contributed by atoms with Gasteiger partial charge in [0.1, 0.15) is 24.8 Å². The van der Waals surface area contributed by atoms with Crippen molar-refractivity contribution in [1.82, 2.24) is 10.6 Å². The monoisotopic (exact) mass is 515 g/mol. The SMILES string of the molecule is COC(=O)C[C@@H]1C[C@@H](COc2ccc(-c3ccc(C(=N)NC(=O)OCc4ccccc4)cc3)cc2)NC1=O. The van der Waals surface area contributed by atoms with Crippen molar-refractivity contribution in [1.29, 1.82) is 5.41 Å². The maximum atomic E-state index is 12.0. The molecule has 9 nitrogen and oxygen atoms in total. The average Bonchev–Trinajstić information content (AvgIpc) is 3.30. The van der Waals surface area contributed by atoms with Crippen molar-refractivity contribution in [3.8, 4) is 16.9 Å². The number of benzene rings is 3. The molecular formula is C29H29N3O6. The third kappa shape index (κ3) is 7.19. The number of hydrogen-bond donors (Lipinski definition) is 3. The molecule has 1 heterocycles. The van der Waals surface area contributed by atoms with Crippen LogP contribution in [0.2, 0.25) is 0 Å². The third-order valence-corrected chi connectivity index (χ3v) is 6.18. The highest BCUT2D eigenvalue weighted by Gasteiger charge is 2.34. The van der Waals surface area contributed by atoms with Gasteiger partial charge in [0, 0.05) is 5.56 Å². The van der Waals surface area contributed by atoms with Crippen LogP contribution in [0.3, 0.4) is 0 Å². The number of amidine groups is 1. The normalized spacial score (nSPS) is 16.3. The van der Waals surface area contributed by atoms with Gasteiger partial charge in [0.2, 0.25) is 5.91 Å². The molecule has 196 valence electrons. The number of alkyl carbamates (subject to hydrolysis) is 1. The van der Waals surface area contributed by atoms with E-state index in [1.54, 1.807) is 12.1 Å². The minimum absolute atomic E-state index is 0.0498. The first-order valence-electron chi connectivity index (χ1n) is 12.2. The van der Waals surface area contributed by atoms with E-state index in [4.69, 9.17) is 14.9 Å². The molecule has 1 fully saturated rings. The third-order valence-electron chi connectivity index (χ3n) is 6.18. The first-order chi connectivity index (χ1) is 18.4. The van der Waals surface area contributed by atoms with E-state index < -0.39 is 18.0 Å². The van der Waals surface area contributed by atoms with Gasteiger partial charge in [-0.25, -0.2) is 4.79 Å². The molecule has 0 spiro atoms. The zero-order valence-corrected chi connectivity index (χ0v) is 20.9. The van der Waals surface area contributed by atoms with Gasteiger partial charge in [0.05, 0.1) is 25.5 Å². The van der Waals surface area contributed by atoms with E-state index in [1.165, 1.54) is 7.11 Å². The largest absolute Gasteiger partial charge is 0.491 e. The topological polar surface area (TPSA) is 127 Å². The van der Waals surface area contributed by atoms with Gasteiger partial charge in [-0.05, 0) is 35.2 Å². The van der Waals surface area contributed by atoms with Crippen LogP contribution in [0.15, 0.2) is 78.9 Å². The minimum atomic E-state index is -0.685. The summed E-state index contributed by atoms with van der Waals surface area (Å²) in [6, 6.07) is 23.9. The fraction of sp³-hybridized carbons (Fsp3) is 0.241. The number of rotatable bonds is 9. The van der Waals surface area contributed by atoms with Crippen LogP contribution in [0.25, 0.3) is 11.1 Å². The van der Waals surface area contributed by atoms with Gasteiger partial charge in [-0.1, -0.05) is 66.7 Å². The fourth-order valence-corrected chi connectivity index (χ4v) is 4.10. The Morgan fingerprint density at radius 1 is 0.974 bits per heavy atom. The molecule has 0 aromatic heterocycles. The van der Waals surface area contributed by atoms with Crippen LogP contribution in [-0.4, -0.2) is 43.6 Å². The molecule has 0 saturated carbocycles. The summed E-state index contributed by atoms with van der Waals surface area (Å²) in [6.45, 7) is 0.435. The Morgan fingerprint density at radius 2 is 1.63 bits per heavy atom. The molecule has 3 N–H and O–H groups in total. The average molecular weight is 516 g/mol. The van der Waals surface area contributed by atoms with E-state index in [0.29, 0.717) is 24.3 Å². The molecule has 1 aliphatic rings. The molecule has 9 heteroatoms. The number of ether oxygens (including phenoxy) is 3. The summed E-state index contributed by atoms with van der Waals surface area (Å²) in [4.78, 5) is 35.5. The van der Waals surface area contributed by atoms with Gasteiger partial charge in [-0.3, -0.25) is 20.3 Å². The van der Waals surface area contributed by atoms with Gasteiger partial charge in [-0.2, -0.15) is 0 Å². The van der Waals surface area contributed by atoms with Gasteiger partial charge >= 0.3 is 12.1 Å². The van der Waals surface area contributed by atoms with Gasteiger partial charge in [-0.15, -0.1) is 0 Å². The number of methoxy groups -OCH3 is 1. The van der Waals surface area contributed by atoms with Crippen LogP contribution in [-0.2, 0) is 25.7 Å². The highest BCUT2D eigenvalue weighted by Crippen LogP contribution is 2.24. The van der Waals surface area contributed by atoms with E-state index in [-0.39, 0.29) is 30.8 Å². The first-order valence-corrected chi connectivity index (χ1v) is 12.2. The van der Waals surface area contributed by atoms with Crippen LogP contribution in [0.4, 0.5) is 4.79 Å². The maximum Gasteiger partial charge on any atom is 0.413 e. The smallest absolute Gasteiger partial charge is 0.413 e. The number of carbonyl (C=O) groups is 3. The second-order valence-corrected chi connectivity index (χ2v) is 8.89. The summed E-state index contributed by atoms with van der Waals surface area (Å²) in [5.41, 5.74) is 3.31. The Labute approximate surface area is 220 Å². The summed E-state index contributed by atoms with van der Waals surface area (Å²) in [5, 5.41) is 13.5. The lowest BCUT2D eigenvalue weighted by Gasteiger charge is -2.13. The zero-order valence-electron chi connectivity index (χ0n) is 20.9. The molecule has 1 aliphatic heterocycles. The maximum absolute atomic E-state index is 12.0. The van der Waals surface area contributed by atoms with E-state index in [0.717, 1.165) is 16.7 Å². The molecule has 3 aromatic rings. The number of amides is 2. The van der Waals surface area contributed by atoms with Gasteiger partial charge in [0.15, 0.2) is 0 Å². The Morgan fingerprint density at radius 3 is 2.29 bits per heavy atom. The van der Waals surface area contributed by atoms with E-state index in [9.17, 15) is 14.4 Å². The quantitative estimate of drug-likeness (QED) is 0.224. The highest BCUT2D eigenvalue weighted by molar-refractivity contribution is 6.04. The predicted molar refractivity (Wildman–Crippen MR) is 141 cm³/mol. The van der Waals surface area contributed by atoms with Crippen molar-refractivity contribution in [2.45, 2.75) is 25.5 Å². The Bertz CT molecular complexity index is 1280. The van der Waals surface area contributed by atoms with Crippen molar-refractivity contribution in [3.05, 3.63) is 90.0 Å². The van der Waals surface area contributed by atoms with E-state index in [1.807, 2.05) is 66.7 Å². The number of hydrogen-bond acceptors (Lipinski definition) is 7. The molecule has 0 unspecified atom stereocenters. The molecule has 0 radical (unpaired) electrons. The second kappa shape index (κ2) is 12.5. The van der Waals surface area contributed by atoms with E-state index in [2.05, 4.69) is 15.4 Å². The number of esters is 1. The summed E-state index contributed by atoms with van der Waals surface area (Å²) in [5.74, 6) is -0.333. The minimum Gasteiger partial charge on any atom is -0.491 e. The lowest BCUT2D eigenvalue weighted by molar-refractivity contribution is -0.143. The van der Waals surface area contributed by atoms with Gasteiger partial charge < -0.3 is 19.5 Å². The fourth-order valence-electron chi connectivity index (χ4n) is 4.10. The Hall–Kier alpha value is -4.66. The van der Waals surface area contributed by atoms with Crippen LogP contribution < -0.4 is 15.4 Å². The molecule has 3 aromatic carbocycles. The van der Waals surface area contributed by atoms with Crippen LogP contribution in [0.5, 0.6) is 5.75 Å². The van der Waals surface area contributed by atoms with Crippen molar-refractivity contribution in [2.75, 3.05) is 13.7 Å². The van der Waals surface area contributed by atoms with Crippen LogP contribution >= 0.6 is 0 Å². The molecule has 1 saturated heterocycles. The molecule has 0 aliphatic carbocycles. The lowest BCUT2D eigenvalue weighted by Crippen LogP contribution is -2.31. The second-order valence-electron chi connectivity index (χ2n) is 8.89. The molecular weight excluding hydrogens is 486 g/mol. The Kier molecular flexibility index (Phi) is 8.71. The summed E-state index contributed by atoms with van der Waals surface area (Å²) < 4.78 is 15.6. The lowest BCUT2D eigenvalue weighted by atomic mass is 10.0. The van der Waals surface area contributed by atoms with Gasteiger partial charge in [0.25, 0.3) is 0 Å². The molecule has 4 rings (SSSR count). The van der Waals surface area contributed by atoms with Crippen LogP contribution in [0.1, 0.15) is 24.0 Å². The first kappa shape index (κ1) is 26.4. The highest BCUT2D eigenvalue weighted by atomic mass is 16.5. The molecule has 2 atom stereocenters. The van der Waals surface area contributed by atoms with Crippen LogP contribution in [0, 0.1) is 11.3 Å². The van der Waals surface area contributed by atoms with Crippen molar-refractivity contribution < 1.29 is 28.6 Å². The Balaban J connectivity index is 1.25. The standard InChI is InChI=1S/C29H29N3O6/c1-36-26(33)16-23-15-24(31-28(23)34)18-37-25-13-11-21(12-14-25)20-7-9-22(10-8-20)27(30)32-29(35)38-17-19-5-3-2-4-6-19/h2-14,23-24H,15-18H2,1H3,(H,31,34)(H2,30,32,35)/t23-,24-/m0/s1. The predicted octanol–water partition coefficient (Wildman–Crippen LogP) is 4.05. The summed E-state index contributed by atoms with van der Waals surface area (Å²) >= 11 is 0. The summed E-state index contributed by atoms with van der Waals surface area (Å²) in [6.07, 6.45) is -0.0950. The molecule has 2 amide bonds. The molecule has 0 bridgehead atoms. The molecule has 38 heavy (non-hydrogen) atoms. The number of carbonyl (C=O) groups excluding carboxylic acids is 3. The van der Waals surface area contributed by atoms with E-state index >= 15 is 0 Å². The van der Waals surface area contributed by atoms with Crippen molar-refractivity contribution in [3.63, 3.8) is 0 Å². The van der Waals surface area contributed by atoms with Crippen molar-refractivity contribution >= 4 is 23.8 Å².